The molecule has 1 atom stereocenters. The van der Waals surface area contributed by atoms with Crippen LogP contribution in [0.2, 0.25) is 0 Å². The first-order valence-corrected chi connectivity index (χ1v) is 13.1. The third-order valence-electron chi connectivity index (χ3n) is 6.69. The number of methoxy groups -OCH3 is 3. The van der Waals surface area contributed by atoms with Gasteiger partial charge in [0.05, 0.1) is 32.9 Å². The summed E-state index contributed by atoms with van der Waals surface area (Å²) in [5, 5.41) is 0. The molecule has 1 aliphatic rings. The molecular weight excluding hydrogens is 496 g/mol. The average Bonchev–Trinajstić information content (AvgIpc) is 2.93. The quantitative estimate of drug-likeness (QED) is 0.409. The van der Waals surface area contributed by atoms with E-state index >= 15 is 0 Å². The van der Waals surface area contributed by atoms with Crippen LogP contribution in [-0.4, -0.2) is 78.5 Å². The summed E-state index contributed by atoms with van der Waals surface area (Å²) in [7, 11) is 4.63. The Morgan fingerprint density at radius 1 is 0.872 bits per heavy atom. The molecule has 9 nitrogen and oxygen atoms in total. The summed E-state index contributed by atoms with van der Waals surface area (Å²) in [5.74, 6) is 0.721. The van der Waals surface area contributed by atoms with Crippen LogP contribution in [0.1, 0.15) is 43.4 Å². The predicted molar refractivity (Wildman–Crippen MR) is 148 cm³/mol. The maximum atomic E-state index is 13.5. The highest BCUT2D eigenvalue weighted by Crippen LogP contribution is 2.35. The van der Waals surface area contributed by atoms with Gasteiger partial charge < -0.3 is 23.8 Å². The molecule has 39 heavy (non-hydrogen) atoms. The molecule has 2 heterocycles. The lowest BCUT2D eigenvalue weighted by Gasteiger charge is -2.45. The van der Waals surface area contributed by atoms with Crippen LogP contribution in [0.4, 0.5) is 4.79 Å². The molecule has 208 valence electrons. The van der Waals surface area contributed by atoms with E-state index in [1.807, 2.05) is 62.1 Å². The molecule has 1 amide bonds. The summed E-state index contributed by atoms with van der Waals surface area (Å²) < 4.78 is 22.2. The minimum absolute atomic E-state index is 0.0707. The Hall–Kier alpha value is -3.85. The zero-order valence-corrected chi connectivity index (χ0v) is 23.6. The number of carbonyl (C=O) groups is 1. The zero-order chi connectivity index (χ0) is 28.0. The molecule has 0 saturated carbocycles. The third kappa shape index (κ3) is 6.78. The smallest absolute Gasteiger partial charge is 0.410 e. The largest absolute Gasteiger partial charge is 0.481 e. The van der Waals surface area contributed by atoms with Gasteiger partial charge in [0.1, 0.15) is 5.60 Å². The fourth-order valence-electron chi connectivity index (χ4n) is 5.02. The van der Waals surface area contributed by atoms with E-state index < -0.39 is 5.60 Å². The Morgan fingerprint density at radius 2 is 1.41 bits per heavy atom. The Labute approximate surface area is 230 Å². The Kier molecular flexibility index (Phi) is 8.91. The van der Waals surface area contributed by atoms with Crippen molar-refractivity contribution in [3.05, 3.63) is 77.4 Å². The number of aromatic nitrogens is 2. The normalized spacial score (nSPS) is 16.2. The van der Waals surface area contributed by atoms with Gasteiger partial charge in [0.2, 0.25) is 11.8 Å². The van der Waals surface area contributed by atoms with Gasteiger partial charge in [-0.3, -0.25) is 4.90 Å². The van der Waals surface area contributed by atoms with Crippen molar-refractivity contribution in [1.29, 1.82) is 0 Å². The van der Waals surface area contributed by atoms with Crippen molar-refractivity contribution in [3.63, 3.8) is 0 Å². The van der Waals surface area contributed by atoms with E-state index in [4.69, 9.17) is 18.9 Å². The molecule has 0 spiro atoms. The summed E-state index contributed by atoms with van der Waals surface area (Å²) in [6.45, 7) is 7.87. The topological polar surface area (TPSA) is 86.3 Å². The van der Waals surface area contributed by atoms with Gasteiger partial charge in [-0.1, -0.05) is 60.7 Å². The summed E-state index contributed by atoms with van der Waals surface area (Å²) in [6, 6.07) is 20.6. The minimum atomic E-state index is -0.602. The van der Waals surface area contributed by atoms with Crippen LogP contribution in [0.15, 0.2) is 60.7 Å². The second-order valence-corrected chi connectivity index (χ2v) is 10.5. The predicted octanol–water partition coefficient (Wildman–Crippen LogP) is 4.76. The molecule has 3 aromatic rings. The van der Waals surface area contributed by atoms with E-state index in [1.54, 1.807) is 14.2 Å². The zero-order valence-electron chi connectivity index (χ0n) is 23.6. The second kappa shape index (κ2) is 12.3. The Bertz CT molecular complexity index is 1170. The van der Waals surface area contributed by atoms with Crippen LogP contribution >= 0.6 is 0 Å². The summed E-state index contributed by atoms with van der Waals surface area (Å²) in [6.07, 6.45) is -0.313. The van der Waals surface area contributed by atoms with Crippen LogP contribution in [0.5, 0.6) is 17.8 Å². The average molecular weight is 535 g/mol. The first-order chi connectivity index (χ1) is 18.7. The fraction of sp³-hybridized carbons (Fsp3) is 0.433. The van der Waals surface area contributed by atoms with Gasteiger partial charge in [-0.2, -0.15) is 9.97 Å². The van der Waals surface area contributed by atoms with Gasteiger partial charge in [0, 0.05) is 32.1 Å². The lowest BCUT2D eigenvalue weighted by molar-refractivity contribution is -0.00535. The molecule has 1 fully saturated rings. The van der Waals surface area contributed by atoms with Crippen molar-refractivity contribution in [1.82, 2.24) is 19.8 Å². The van der Waals surface area contributed by atoms with Gasteiger partial charge in [0.15, 0.2) is 0 Å². The maximum absolute atomic E-state index is 13.5. The van der Waals surface area contributed by atoms with Crippen molar-refractivity contribution in [2.75, 3.05) is 41.0 Å². The van der Waals surface area contributed by atoms with E-state index in [1.165, 1.54) is 7.11 Å². The summed E-state index contributed by atoms with van der Waals surface area (Å²) in [5.41, 5.74) is 2.38. The SMILES string of the molecule is COc1nc(OC)c(CN2CCN(C(=O)OC(C)(C)C)[C@H](C(c3ccccc3)c3ccccc3)C2)c(OC)n1. The molecule has 1 aromatic heterocycles. The third-order valence-corrected chi connectivity index (χ3v) is 6.69. The van der Waals surface area contributed by atoms with Crippen LogP contribution in [0.3, 0.4) is 0 Å². The molecule has 1 saturated heterocycles. The van der Waals surface area contributed by atoms with Crippen molar-refractivity contribution < 1.29 is 23.7 Å². The number of nitrogens with zero attached hydrogens (tertiary/aromatic N) is 4. The molecule has 0 N–H and O–H groups in total. The van der Waals surface area contributed by atoms with Crippen LogP contribution < -0.4 is 14.2 Å². The molecule has 0 radical (unpaired) electrons. The molecule has 0 bridgehead atoms. The number of amides is 1. The number of rotatable bonds is 8. The molecular formula is C30H38N4O5. The van der Waals surface area contributed by atoms with Crippen LogP contribution in [0, 0.1) is 0 Å². The van der Waals surface area contributed by atoms with Crippen molar-refractivity contribution in [2.45, 2.75) is 44.9 Å². The first kappa shape index (κ1) is 28.2. The van der Waals surface area contributed by atoms with Gasteiger partial charge in [-0.05, 0) is 31.9 Å². The van der Waals surface area contributed by atoms with Gasteiger partial charge >= 0.3 is 12.1 Å². The van der Waals surface area contributed by atoms with Crippen LogP contribution in [-0.2, 0) is 11.3 Å². The summed E-state index contributed by atoms with van der Waals surface area (Å²) in [4.78, 5) is 26.4. The standard InChI is InChI=1S/C30H38N4O5/c1-30(2,3)39-29(35)34-18-17-33(19-23-26(36-4)31-28(38-6)32-27(23)37-5)20-24(34)25(21-13-9-7-10-14-21)22-15-11-8-12-16-22/h7-16,24-25H,17-20H2,1-6H3/t24-/m0/s1. The number of hydrogen-bond donors (Lipinski definition) is 0. The number of hydrogen-bond acceptors (Lipinski definition) is 8. The lowest BCUT2D eigenvalue weighted by atomic mass is 9.83. The molecule has 4 rings (SSSR count). The number of carbonyl (C=O) groups excluding carboxylic acids is 1. The minimum Gasteiger partial charge on any atom is -0.481 e. The highest BCUT2D eigenvalue weighted by atomic mass is 16.6. The molecule has 0 unspecified atom stereocenters. The first-order valence-electron chi connectivity index (χ1n) is 13.1. The maximum Gasteiger partial charge on any atom is 0.410 e. The summed E-state index contributed by atoms with van der Waals surface area (Å²) >= 11 is 0. The van der Waals surface area contributed by atoms with Crippen LogP contribution in [0.25, 0.3) is 0 Å². The fourth-order valence-corrected chi connectivity index (χ4v) is 5.02. The van der Waals surface area contributed by atoms with Crippen molar-refractivity contribution in [3.8, 4) is 17.8 Å². The van der Waals surface area contributed by atoms with E-state index in [0.29, 0.717) is 37.9 Å². The molecule has 2 aromatic carbocycles. The molecule has 1 aliphatic heterocycles. The van der Waals surface area contributed by atoms with E-state index in [9.17, 15) is 4.79 Å². The molecule has 0 aliphatic carbocycles. The second-order valence-electron chi connectivity index (χ2n) is 10.5. The van der Waals surface area contributed by atoms with E-state index in [0.717, 1.165) is 16.7 Å². The highest BCUT2D eigenvalue weighted by molar-refractivity contribution is 5.69. The number of ether oxygens (including phenoxy) is 4. The van der Waals surface area contributed by atoms with Crippen molar-refractivity contribution in [2.24, 2.45) is 0 Å². The Balaban J connectivity index is 1.73. The van der Waals surface area contributed by atoms with Gasteiger partial charge in [-0.25, -0.2) is 4.79 Å². The van der Waals surface area contributed by atoms with E-state index in [-0.39, 0.29) is 24.1 Å². The number of benzene rings is 2. The molecule has 9 heteroatoms. The van der Waals surface area contributed by atoms with Crippen molar-refractivity contribution >= 4 is 6.09 Å². The van der Waals surface area contributed by atoms with Gasteiger partial charge in [0.25, 0.3) is 0 Å². The monoisotopic (exact) mass is 534 g/mol. The van der Waals surface area contributed by atoms with Gasteiger partial charge in [-0.15, -0.1) is 0 Å². The number of piperazine rings is 1. The lowest BCUT2D eigenvalue weighted by Crippen LogP contribution is -2.58. The van der Waals surface area contributed by atoms with E-state index in [2.05, 4.69) is 39.1 Å². The Morgan fingerprint density at radius 3 is 1.87 bits per heavy atom. The highest BCUT2D eigenvalue weighted by Gasteiger charge is 2.39.